The highest BCUT2D eigenvalue weighted by Gasteiger charge is 2.21. The van der Waals surface area contributed by atoms with E-state index in [1.165, 1.54) is 0 Å². The van der Waals surface area contributed by atoms with Crippen LogP contribution in [0.25, 0.3) is 0 Å². The van der Waals surface area contributed by atoms with E-state index in [1.807, 2.05) is 39.0 Å². The van der Waals surface area contributed by atoms with Crippen molar-refractivity contribution in [3.63, 3.8) is 0 Å². The second-order valence-corrected chi connectivity index (χ2v) is 5.42. The standard InChI is InChI=1S/C12H24N4O2/c1-12(2,9-16-6-5-11(13)14-16)18-8-10(17)7-15(3)4/h5-6,10,17H,7-9H2,1-4H3,(H2,13,14)/t10-/m1/s1. The minimum atomic E-state index is -0.484. The van der Waals surface area contributed by atoms with Crippen LogP contribution in [-0.4, -0.2) is 58.7 Å². The third-order valence-electron chi connectivity index (χ3n) is 2.45. The molecular formula is C12H24N4O2. The average Bonchev–Trinajstić information content (AvgIpc) is 2.59. The Morgan fingerprint density at radius 2 is 2.22 bits per heavy atom. The number of hydrogen-bond acceptors (Lipinski definition) is 5. The van der Waals surface area contributed by atoms with Gasteiger partial charge in [-0.15, -0.1) is 0 Å². The predicted octanol–water partition coefficient (Wildman–Crippen LogP) is 0.183. The summed E-state index contributed by atoms with van der Waals surface area (Å²) in [6.07, 6.45) is 1.33. The molecule has 6 nitrogen and oxygen atoms in total. The number of anilines is 1. The molecule has 104 valence electrons. The lowest BCUT2D eigenvalue weighted by molar-refractivity contribution is -0.0726. The highest BCUT2D eigenvalue weighted by molar-refractivity contribution is 5.23. The number of aliphatic hydroxyl groups excluding tert-OH is 1. The molecule has 0 aliphatic carbocycles. The van der Waals surface area contributed by atoms with Crippen LogP contribution in [0.1, 0.15) is 13.8 Å². The monoisotopic (exact) mass is 256 g/mol. The smallest absolute Gasteiger partial charge is 0.145 e. The number of rotatable bonds is 7. The third-order valence-corrected chi connectivity index (χ3v) is 2.45. The Hall–Kier alpha value is -1.11. The van der Waals surface area contributed by atoms with Crippen molar-refractivity contribution < 1.29 is 9.84 Å². The van der Waals surface area contributed by atoms with Crippen molar-refractivity contribution >= 4 is 5.82 Å². The van der Waals surface area contributed by atoms with Crippen LogP contribution < -0.4 is 5.73 Å². The van der Waals surface area contributed by atoms with Gasteiger partial charge in [0.15, 0.2) is 0 Å². The summed E-state index contributed by atoms with van der Waals surface area (Å²) in [7, 11) is 3.84. The van der Waals surface area contributed by atoms with Gasteiger partial charge in [0.25, 0.3) is 0 Å². The maximum atomic E-state index is 9.74. The van der Waals surface area contributed by atoms with E-state index in [0.29, 0.717) is 25.5 Å². The Balaban J connectivity index is 2.39. The highest BCUT2D eigenvalue weighted by Crippen LogP contribution is 2.13. The molecule has 1 heterocycles. The lowest BCUT2D eigenvalue weighted by Gasteiger charge is -2.27. The highest BCUT2D eigenvalue weighted by atomic mass is 16.5. The predicted molar refractivity (Wildman–Crippen MR) is 71.2 cm³/mol. The van der Waals surface area contributed by atoms with Crippen LogP contribution in [0.2, 0.25) is 0 Å². The molecule has 0 saturated carbocycles. The van der Waals surface area contributed by atoms with Crippen LogP contribution in [0, 0.1) is 0 Å². The Morgan fingerprint density at radius 1 is 1.56 bits per heavy atom. The van der Waals surface area contributed by atoms with E-state index in [1.54, 1.807) is 10.7 Å². The van der Waals surface area contributed by atoms with E-state index in [9.17, 15) is 5.11 Å². The zero-order chi connectivity index (χ0) is 13.8. The molecule has 0 aliphatic heterocycles. The van der Waals surface area contributed by atoms with Gasteiger partial charge in [-0.1, -0.05) is 0 Å². The van der Waals surface area contributed by atoms with Crippen LogP contribution in [0.3, 0.4) is 0 Å². The number of nitrogens with two attached hydrogens (primary N) is 1. The van der Waals surface area contributed by atoms with Crippen LogP contribution in [0.4, 0.5) is 5.82 Å². The first-order valence-corrected chi connectivity index (χ1v) is 6.04. The summed E-state index contributed by atoms with van der Waals surface area (Å²) in [5.41, 5.74) is 5.16. The van der Waals surface area contributed by atoms with E-state index in [-0.39, 0.29) is 0 Å². The molecule has 0 spiro atoms. The van der Waals surface area contributed by atoms with Gasteiger partial charge in [-0.3, -0.25) is 4.68 Å². The lowest BCUT2D eigenvalue weighted by atomic mass is 10.1. The van der Waals surface area contributed by atoms with E-state index >= 15 is 0 Å². The van der Waals surface area contributed by atoms with Crippen LogP contribution >= 0.6 is 0 Å². The maximum absolute atomic E-state index is 9.74. The Labute approximate surface area is 108 Å². The van der Waals surface area contributed by atoms with Gasteiger partial charge in [-0.2, -0.15) is 5.10 Å². The fraction of sp³-hybridized carbons (Fsp3) is 0.750. The molecule has 1 rings (SSSR count). The largest absolute Gasteiger partial charge is 0.389 e. The van der Waals surface area contributed by atoms with E-state index in [4.69, 9.17) is 10.5 Å². The van der Waals surface area contributed by atoms with Gasteiger partial charge in [-0.25, -0.2) is 0 Å². The number of hydrogen-bond donors (Lipinski definition) is 2. The molecular weight excluding hydrogens is 232 g/mol. The molecule has 0 amide bonds. The van der Waals surface area contributed by atoms with E-state index in [0.717, 1.165) is 0 Å². The second kappa shape index (κ2) is 6.17. The topological polar surface area (TPSA) is 76.5 Å². The lowest BCUT2D eigenvalue weighted by Crippen LogP contribution is -2.37. The quantitative estimate of drug-likeness (QED) is 0.728. The minimum absolute atomic E-state index is 0.307. The Kier molecular flexibility index (Phi) is 5.13. The summed E-state index contributed by atoms with van der Waals surface area (Å²) in [5, 5.41) is 13.9. The molecule has 1 aromatic heterocycles. The zero-order valence-corrected chi connectivity index (χ0v) is 11.6. The molecule has 18 heavy (non-hydrogen) atoms. The molecule has 0 aromatic carbocycles. The number of ether oxygens (including phenoxy) is 1. The van der Waals surface area contributed by atoms with Gasteiger partial charge in [0.05, 0.1) is 24.9 Å². The fourth-order valence-corrected chi connectivity index (χ4v) is 1.70. The first-order valence-electron chi connectivity index (χ1n) is 6.04. The number of aliphatic hydroxyl groups is 1. The summed E-state index contributed by atoms with van der Waals surface area (Å²) < 4.78 is 7.47. The number of aromatic nitrogens is 2. The Bertz CT molecular complexity index is 363. The van der Waals surface area contributed by atoms with Gasteiger partial charge in [-0.05, 0) is 34.0 Å². The molecule has 0 fully saturated rings. The SMILES string of the molecule is CN(C)C[C@@H](O)COC(C)(C)Cn1ccc(N)n1. The number of likely N-dealkylation sites (N-methyl/N-ethyl adjacent to an activating group) is 1. The average molecular weight is 256 g/mol. The van der Waals surface area contributed by atoms with Gasteiger partial charge in [0, 0.05) is 12.7 Å². The van der Waals surface area contributed by atoms with E-state index in [2.05, 4.69) is 5.10 Å². The molecule has 1 aromatic rings. The van der Waals surface area contributed by atoms with Crippen LogP contribution in [0.5, 0.6) is 0 Å². The van der Waals surface area contributed by atoms with Crippen molar-refractivity contribution in [3.05, 3.63) is 12.3 Å². The first-order chi connectivity index (χ1) is 8.28. The second-order valence-electron chi connectivity index (χ2n) is 5.42. The maximum Gasteiger partial charge on any atom is 0.145 e. The van der Waals surface area contributed by atoms with Crippen LogP contribution in [-0.2, 0) is 11.3 Å². The molecule has 0 radical (unpaired) electrons. The minimum Gasteiger partial charge on any atom is -0.389 e. The van der Waals surface area contributed by atoms with Gasteiger partial charge >= 0.3 is 0 Å². The van der Waals surface area contributed by atoms with E-state index < -0.39 is 11.7 Å². The fourth-order valence-electron chi connectivity index (χ4n) is 1.70. The zero-order valence-electron chi connectivity index (χ0n) is 11.6. The van der Waals surface area contributed by atoms with Gasteiger partial charge in [0.1, 0.15) is 5.82 Å². The molecule has 0 saturated heterocycles. The molecule has 1 atom stereocenters. The van der Waals surface area contributed by atoms with Crippen molar-refractivity contribution in [3.8, 4) is 0 Å². The molecule has 0 bridgehead atoms. The van der Waals surface area contributed by atoms with Crippen molar-refractivity contribution in [2.75, 3.05) is 33.0 Å². The van der Waals surface area contributed by atoms with Crippen molar-refractivity contribution in [1.82, 2.24) is 14.7 Å². The third kappa shape index (κ3) is 5.48. The first kappa shape index (κ1) is 14.9. The van der Waals surface area contributed by atoms with Crippen molar-refractivity contribution in [1.29, 1.82) is 0 Å². The molecule has 6 heteroatoms. The molecule has 0 unspecified atom stereocenters. The van der Waals surface area contributed by atoms with Crippen LogP contribution in [0.15, 0.2) is 12.3 Å². The Morgan fingerprint density at radius 3 is 2.72 bits per heavy atom. The molecule has 0 aliphatic rings. The summed E-state index contributed by atoms with van der Waals surface area (Å²) >= 11 is 0. The van der Waals surface area contributed by atoms with Crippen molar-refractivity contribution in [2.45, 2.75) is 32.1 Å². The number of nitrogen functional groups attached to an aromatic ring is 1. The number of nitrogens with zero attached hydrogens (tertiary/aromatic N) is 3. The van der Waals surface area contributed by atoms with Crippen molar-refractivity contribution in [2.24, 2.45) is 0 Å². The summed E-state index contributed by atoms with van der Waals surface area (Å²) in [4.78, 5) is 1.93. The summed E-state index contributed by atoms with van der Waals surface area (Å²) in [6.45, 7) is 5.42. The summed E-state index contributed by atoms with van der Waals surface area (Å²) in [5.74, 6) is 0.499. The van der Waals surface area contributed by atoms with Gasteiger partial charge in [0.2, 0.25) is 0 Å². The normalized spacial score (nSPS) is 14.1. The summed E-state index contributed by atoms with van der Waals surface area (Å²) in [6, 6.07) is 1.75. The molecule has 3 N–H and O–H groups in total. The van der Waals surface area contributed by atoms with Gasteiger partial charge < -0.3 is 20.5 Å².